The molecule has 0 atom stereocenters. The molecule has 1 N–H and O–H groups in total. The van der Waals surface area contributed by atoms with Crippen molar-refractivity contribution in [2.75, 3.05) is 26.4 Å². The van der Waals surface area contributed by atoms with E-state index in [2.05, 4.69) is 10.3 Å². The number of amides is 1. The summed E-state index contributed by atoms with van der Waals surface area (Å²) < 4.78 is 21.7. The first-order valence-electron chi connectivity index (χ1n) is 10.1. The standard InChI is InChI=1S/C24H24N2O6/c1-2-29-18-10-12-19(13-11-18)30-16-15-25-22(27)17-31-24(28)21-9-6-14-26-23(21)32-20-7-4-3-5-8-20/h3-14H,2,15-17H2,1H3,(H,25,27). The molecule has 0 aliphatic rings. The van der Waals surface area contributed by atoms with Crippen LogP contribution < -0.4 is 19.5 Å². The van der Waals surface area contributed by atoms with Gasteiger partial charge in [-0.3, -0.25) is 4.79 Å². The fourth-order valence-corrected chi connectivity index (χ4v) is 2.65. The van der Waals surface area contributed by atoms with Crippen LogP contribution in [0.3, 0.4) is 0 Å². The molecular formula is C24H24N2O6. The van der Waals surface area contributed by atoms with E-state index < -0.39 is 18.5 Å². The molecule has 3 rings (SSSR count). The highest BCUT2D eigenvalue weighted by Gasteiger charge is 2.17. The van der Waals surface area contributed by atoms with Crippen LogP contribution in [0.1, 0.15) is 17.3 Å². The molecule has 8 nitrogen and oxygen atoms in total. The number of nitrogens with one attached hydrogen (secondary N) is 1. The topological polar surface area (TPSA) is 96.0 Å². The number of carbonyl (C=O) groups excluding carboxylic acids is 2. The Kier molecular flexibility index (Phi) is 8.44. The largest absolute Gasteiger partial charge is 0.494 e. The Bertz CT molecular complexity index is 1010. The third-order valence-corrected chi connectivity index (χ3v) is 4.11. The van der Waals surface area contributed by atoms with Crippen LogP contribution in [0.15, 0.2) is 72.9 Å². The van der Waals surface area contributed by atoms with Gasteiger partial charge in [0.1, 0.15) is 29.4 Å². The zero-order valence-electron chi connectivity index (χ0n) is 17.7. The highest BCUT2D eigenvalue weighted by atomic mass is 16.5. The minimum Gasteiger partial charge on any atom is -0.494 e. The predicted octanol–water partition coefficient (Wildman–Crippen LogP) is 3.62. The quantitative estimate of drug-likeness (QED) is 0.362. The van der Waals surface area contributed by atoms with Crippen molar-refractivity contribution in [3.05, 3.63) is 78.5 Å². The van der Waals surface area contributed by atoms with E-state index in [9.17, 15) is 9.59 Å². The summed E-state index contributed by atoms with van der Waals surface area (Å²) in [5.74, 6) is 0.920. The molecule has 0 spiro atoms. The molecule has 0 saturated carbocycles. The van der Waals surface area contributed by atoms with E-state index in [4.69, 9.17) is 18.9 Å². The lowest BCUT2D eigenvalue weighted by Gasteiger charge is -2.10. The van der Waals surface area contributed by atoms with Gasteiger partial charge in [-0.25, -0.2) is 9.78 Å². The van der Waals surface area contributed by atoms with Gasteiger partial charge in [0.15, 0.2) is 6.61 Å². The molecule has 1 aromatic heterocycles. The molecule has 0 aliphatic heterocycles. The second-order valence-corrected chi connectivity index (χ2v) is 6.45. The number of hydrogen-bond acceptors (Lipinski definition) is 7. The number of pyridine rings is 1. The average Bonchev–Trinajstić information content (AvgIpc) is 2.82. The van der Waals surface area contributed by atoms with Crippen LogP contribution in [0.25, 0.3) is 0 Å². The van der Waals surface area contributed by atoms with Gasteiger partial charge in [0.05, 0.1) is 13.2 Å². The van der Waals surface area contributed by atoms with E-state index in [0.717, 1.165) is 5.75 Å². The Morgan fingerprint density at radius 2 is 1.59 bits per heavy atom. The van der Waals surface area contributed by atoms with Crippen molar-refractivity contribution in [2.45, 2.75) is 6.92 Å². The van der Waals surface area contributed by atoms with Gasteiger partial charge in [-0.1, -0.05) is 18.2 Å². The van der Waals surface area contributed by atoms with Crippen molar-refractivity contribution in [3.63, 3.8) is 0 Å². The lowest BCUT2D eigenvalue weighted by Crippen LogP contribution is -2.32. The molecule has 1 amide bonds. The number of nitrogens with zero attached hydrogens (tertiary/aromatic N) is 1. The number of para-hydroxylation sites is 1. The van der Waals surface area contributed by atoms with Crippen molar-refractivity contribution in [1.82, 2.24) is 10.3 Å². The number of hydrogen-bond donors (Lipinski definition) is 1. The first kappa shape index (κ1) is 22.6. The highest BCUT2D eigenvalue weighted by Crippen LogP contribution is 2.23. The van der Waals surface area contributed by atoms with Crippen LogP contribution in [0, 0.1) is 0 Å². The second-order valence-electron chi connectivity index (χ2n) is 6.45. The SMILES string of the molecule is CCOc1ccc(OCCNC(=O)COC(=O)c2cccnc2Oc2ccccc2)cc1. The zero-order valence-corrected chi connectivity index (χ0v) is 17.7. The summed E-state index contributed by atoms with van der Waals surface area (Å²) in [6, 6.07) is 19.3. The lowest BCUT2D eigenvalue weighted by molar-refractivity contribution is -0.124. The minimum atomic E-state index is -0.704. The molecule has 166 valence electrons. The molecule has 0 aliphatic carbocycles. The van der Waals surface area contributed by atoms with Crippen LogP contribution in [-0.4, -0.2) is 43.2 Å². The zero-order chi connectivity index (χ0) is 22.6. The number of carbonyl (C=O) groups is 2. The van der Waals surface area contributed by atoms with E-state index in [1.54, 1.807) is 42.5 Å². The van der Waals surface area contributed by atoms with Gasteiger partial charge in [-0.15, -0.1) is 0 Å². The van der Waals surface area contributed by atoms with Crippen LogP contribution in [-0.2, 0) is 9.53 Å². The monoisotopic (exact) mass is 436 g/mol. The molecule has 8 heteroatoms. The first-order valence-corrected chi connectivity index (χ1v) is 10.1. The van der Waals surface area contributed by atoms with Crippen molar-refractivity contribution in [2.24, 2.45) is 0 Å². The maximum atomic E-state index is 12.4. The fraction of sp³-hybridized carbons (Fsp3) is 0.208. The van der Waals surface area contributed by atoms with Crippen molar-refractivity contribution >= 4 is 11.9 Å². The summed E-state index contributed by atoms with van der Waals surface area (Å²) in [5.41, 5.74) is 0.128. The van der Waals surface area contributed by atoms with Gasteiger partial charge >= 0.3 is 5.97 Å². The van der Waals surface area contributed by atoms with Crippen molar-refractivity contribution in [3.8, 4) is 23.1 Å². The second kappa shape index (κ2) is 11.9. The van der Waals surface area contributed by atoms with Crippen LogP contribution >= 0.6 is 0 Å². The third kappa shape index (κ3) is 7.02. The average molecular weight is 436 g/mol. The molecule has 0 radical (unpaired) electrons. The summed E-state index contributed by atoms with van der Waals surface area (Å²) >= 11 is 0. The molecule has 0 fully saturated rings. The Morgan fingerprint density at radius 1 is 0.875 bits per heavy atom. The smallest absolute Gasteiger partial charge is 0.344 e. The van der Waals surface area contributed by atoms with Gasteiger partial charge in [0, 0.05) is 6.20 Å². The van der Waals surface area contributed by atoms with E-state index in [-0.39, 0.29) is 24.6 Å². The van der Waals surface area contributed by atoms with Gasteiger partial charge in [0.2, 0.25) is 5.88 Å². The third-order valence-electron chi connectivity index (χ3n) is 4.11. The number of ether oxygens (including phenoxy) is 4. The van der Waals surface area contributed by atoms with E-state index in [1.165, 1.54) is 12.3 Å². The van der Waals surface area contributed by atoms with Gasteiger partial charge in [0.25, 0.3) is 5.91 Å². The Balaban J connectivity index is 1.41. The molecule has 0 bridgehead atoms. The molecule has 0 unspecified atom stereocenters. The summed E-state index contributed by atoms with van der Waals surface area (Å²) in [4.78, 5) is 28.4. The number of esters is 1. The number of rotatable bonds is 11. The molecule has 1 heterocycles. The Morgan fingerprint density at radius 3 is 2.31 bits per heavy atom. The minimum absolute atomic E-state index is 0.105. The molecule has 32 heavy (non-hydrogen) atoms. The molecule has 2 aromatic carbocycles. The first-order chi connectivity index (χ1) is 15.7. The van der Waals surface area contributed by atoms with Gasteiger partial charge < -0.3 is 24.3 Å². The van der Waals surface area contributed by atoms with E-state index in [0.29, 0.717) is 18.1 Å². The predicted molar refractivity (Wildman–Crippen MR) is 117 cm³/mol. The summed E-state index contributed by atoms with van der Waals surface area (Å²) in [6.45, 7) is 2.61. The number of benzene rings is 2. The lowest BCUT2D eigenvalue weighted by atomic mass is 10.2. The Labute approximate surface area is 186 Å². The van der Waals surface area contributed by atoms with Crippen LogP contribution in [0.5, 0.6) is 23.1 Å². The summed E-state index contributed by atoms with van der Waals surface area (Å²) in [5, 5.41) is 2.63. The normalized spacial score (nSPS) is 10.2. The van der Waals surface area contributed by atoms with Crippen molar-refractivity contribution < 1.29 is 28.5 Å². The highest BCUT2D eigenvalue weighted by molar-refractivity contribution is 5.93. The molecule has 0 saturated heterocycles. The van der Waals surface area contributed by atoms with Crippen LogP contribution in [0.4, 0.5) is 0 Å². The van der Waals surface area contributed by atoms with Gasteiger partial charge in [-0.2, -0.15) is 0 Å². The maximum Gasteiger partial charge on any atom is 0.344 e. The fourth-order valence-electron chi connectivity index (χ4n) is 2.65. The van der Waals surface area contributed by atoms with Gasteiger partial charge in [-0.05, 0) is 55.5 Å². The molecule has 3 aromatic rings. The van der Waals surface area contributed by atoms with Crippen LogP contribution in [0.2, 0.25) is 0 Å². The number of aromatic nitrogens is 1. The Hall–Kier alpha value is -4.07. The summed E-state index contributed by atoms with van der Waals surface area (Å²) in [7, 11) is 0. The molecular weight excluding hydrogens is 412 g/mol. The maximum absolute atomic E-state index is 12.4. The van der Waals surface area contributed by atoms with E-state index in [1.807, 2.05) is 25.1 Å². The van der Waals surface area contributed by atoms with Crippen molar-refractivity contribution in [1.29, 1.82) is 0 Å². The summed E-state index contributed by atoms with van der Waals surface area (Å²) in [6.07, 6.45) is 1.51. The van der Waals surface area contributed by atoms with E-state index >= 15 is 0 Å².